The van der Waals surface area contributed by atoms with E-state index in [-0.39, 0.29) is 12.2 Å². The van der Waals surface area contributed by atoms with E-state index in [9.17, 15) is 13.2 Å². The molecule has 0 saturated heterocycles. The van der Waals surface area contributed by atoms with Crippen molar-refractivity contribution in [2.24, 2.45) is 0 Å². The van der Waals surface area contributed by atoms with Gasteiger partial charge in [0, 0.05) is 0 Å². The predicted octanol–water partition coefficient (Wildman–Crippen LogP) is -1.59. The molecule has 1 aromatic rings. The molecular weight excluding hydrogens is 186 g/mol. The molecule has 0 spiro atoms. The van der Waals surface area contributed by atoms with Crippen molar-refractivity contribution in [2.45, 2.75) is 6.54 Å². The van der Waals surface area contributed by atoms with Gasteiger partial charge in [-0.2, -0.15) is 5.16 Å². The van der Waals surface area contributed by atoms with E-state index in [0.717, 1.165) is 6.26 Å². The van der Waals surface area contributed by atoms with E-state index in [1.165, 1.54) is 0 Å². The van der Waals surface area contributed by atoms with E-state index in [1.54, 1.807) is 0 Å². The lowest BCUT2D eigenvalue weighted by atomic mass is 10.5. The number of sulfonamides is 1. The molecule has 0 amide bonds. The molecule has 0 aliphatic carbocycles. The maximum atomic E-state index is 10.7. The molecule has 0 aliphatic rings. The standard InChI is InChI=1S/C4H7N3O4S/c1-12(9,10)5-2-3-4(8)7-11-6-3/h5H,2H2,1H3,(H,7,8). The Kier molecular flexibility index (Phi) is 2.29. The summed E-state index contributed by atoms with van der Waals surface area (Å²) in [5, 5.41) is 5.18. The van der Waals surface area contributed by atoms with Crippen molar-refractivity contribution >= 4 is 10.0 Å². The van der Waals surface area contributed by atoms with Gasteiger partial charge in [-0.15, -0.1) is 0 Å². The van der Waals surface area contributed by atoms with Gasteiger partial charge in [0.25, 0.3) is 0 Å². The van der Waals surface area contributed by atoms with Crippen LogP contribution in [0.3, 0.4) is 0 Å². The Morgan fingerprint density at radius 2 is 2.33 bits per heavy atom. The van der Waals surface area contributed by atoms with Crippen LogP contribution in [0.5, 0.6) is 0 Å². The molecule has 1 rings (SSSR count). The maximum absolute atomic E-state index is 10.7. The molecular formula is C4H7N3O4S. The van der Waals surface area contributed by atoms with Gasteiger partial charge in [0.05, 0.1) is 12.8 Å². The summed E-state index contributed by atoms with van der Waals surface area (Å²) in [4.78, 5) is 10.7. The van der Waals surface area contributed by atoms with Gasteiger partial charge in [0.2, 0.25) is 10.0 Å². The molecule has 68 valence electrons. The number of hydrogen-bond acceptors (Lipinski definition) is 5. The Labute approximate surface area is 67.8 Å². The lowest BCUT2D eigenvalue weighted by Crippen LogP contribution is -2.24. The Balaban J connectivity index is 2.67. The van der Waals surface area contributed by atoms with E-state index >= 15 is 0 Å². The first-order valence-corrected chi connectivity index (χ1v) is 4.86. The summed E-state index contributed by atoms with van der Waals surface area (Å²) in [5.41, 5.74) is -0.536. The highest BCUT2D eigenvalue weighted by Crippen LogP contribution is 1.83. The Morgan fingerprint density at radius 1 is 1.67 bits per heavy atom. The molecule has 2 N–H and O–H groups in total. The second kappa shape index (κ2) is 3.07. The highest BCUT2D eigenvalue weighted by Gasteiger charge is 2.06. The first kappa shape index (κ1) is 8.94. The fraction of sp³-hybridized carbons (Fsp3) is 0.500. The van der Waals surface area contributed by atoms with Crippen LogP contribution in [0.2, 0.25) is 0 Å². The number of hydrogen-bond donors (Lipinski definition) is 2. The molecule has 0 atom stereocenters. The summed E-state index contributed by atoms with van der Waals surface area (Å²) in [5.74, 6) is 0. The molecule has 0 unspecified atom stereocenters. The number of aromatic nitrogens is 2. The van der Waals surface area contributed by atoms with E-state index < -0.39 is 15.6 Å². The third-order valence-corrected chi connectivity index (χ3v) is 1.73. The molecule has 1 heterocycles. The van der Waals surface area contributed by atoms with E-state index in [1.807, 2.05) is 5.16 Å². The van der Waals surface area contributed by atoms with Crippen molar-refractivity contribution < 1.29 is 13.0 Å². The summed E-state index contributed by atoms with van der Waals surface area (Å²) >= 11 is 0. The zero-order valence-corrected chi connectivity index (χ0v) is 7.01. The lowest BCUT2D eigenvalue weighted by molar-refractivity contribution is 0.300. The fourth-order valence-corrected chi connectivity index (χ4v) is 0.931. The smallest absolute Gasteiger partial charge is 0.267 e. The highest BCUT2D eigenvalue weighted by molar-refractivity contribution is 7.88. The quantitative estimate of drug-likeness (QED) is 0.602. The SMILES string of the molecule is CS(=O)(=O)NCc1no[nH]c1=O. The van der Waals surface area contributed by atoms with Gasteiger partial charge < -0.3 is 0 Å². The number of H-pyrrole nitrogens is 1. The molecule has 7 nitrogen and oxygen atoms in total. The minimum atomic E-state index is -3.30. The van der Waals surface area contributed by atoms with Crippen LogP contribution in [0.25, 0.3) is 0 Å². The Hall–Kier alpha value is -1.15. The fourth-order valence-electron chi connectivity index (χ4n) is 0.532. The third kappa shape index (κ3) is 2.47. The number of rotatable bonds is 3. The average Bonchev–Trinajstić information content (AvgIpc) is 2.29. The van der Waals surface area contributed by atoms with Crippen molar-refractivity contribution in [3.63, 3.8) is 0 Å². The zero-order valence-electron chi connectivity index (χ0n) is 6.20. The Bertz CT molecular complexity index is 402. The highest BCUT2D eigenvalue weighted by atomic mass is 32.2. The van der Waals surface area contributed by atoms with Crippen molar-refractivity contribution in [1.82, 2.24) is 15.0 Å². The summed E-state index contributed by atoms with van der Waals surface area (Å²) in [7, 11) is -3.30. The molecule has 0 fully saturated rings. The number of nitrogens with zero attached hydrogens (tertiary/aromatic N) is 1. The first-order chi connectivity index (χ1) is 5.49. The maximum Gasteiger partial charge on any atom is 0.305 e. The van der Waals surface area contributed by atoms with Crippen LogP contribution in [0.15, 0.2) is 9.42 Å². The molecule has 0 radical (unpaired) electrons. The van der Waals surface area contributed by atoms with Gasteiger partial charge in [-0.1, -0.05) is 5.16 Å². The predicted molar refractivity (Wildman–Crippen MR) is 38.8 cm³/mol. The summed E-state index contributed by atoms with van der Waals surface area (Å²) in [6.07, 6.45) is 0.987. The number of nitrogens with one attached hydrogen (secondary N) is 2. The van der Waals surface area contributed by atoms with Gasteiger partial charge in [0.15, 0.2) is 5.69 Å². The third-order valence-electron chi connectivity index (χ3n) is 1.06. The normalized spacial score (nSPS) is 11.8. The van der Waals surface area contributed by atoms with Gasteiger partial charge in [0.1, 0.15) is 0 Å². The van der Waals surface area contributed by atoms with Gasteiger partial charge in [-0.3, -0.25) is 9.42 Å². The minimum Gasteiger partial charge on any atom is -0.267 e. The number of aromatic amines is 1. The second-order valence-electron chi connectivity index (χ2n) is 2.15. The second-order valence-corrected chi connectivity index (χ2v) is 3.99. The summed E-state index contributed by atoms with van der Waals surface area (Å²) in [6, 6.07) is 0. The van der Waals surface area contributed by atoms with Gasteiger partial charge >= 0.3 is 5.56 Å². The van der Waals surface area contributed by atoms with Crippen molar-refractivity contribution in [3.8, 4) is 0 Å². The van der Waals surface area contributed by atoms with Crippen molar-refractivity contribution in [3.05, 3.63) is 16.0 Å². The van der Waals surface area contributed by atoms with Crippen LogP contribution in [0, 0.1) is 0 Å². The topological polar surface area (TPSA) is 105 Å². The van der Waals surface area contributed by atoms with Crippen molar-refractivity contribution in [1.29, 1.82) is 0 Å². The zero-order chi connectivity index (χ0) is 9.19. The summed E-state index contributed by atoms with van der Waals surface area (Å²) < 4.78 is 27.4. The molecule has 8 heteroatoms. The molecule has 0 bridgehead atoms. The molecule has 12 heavy (non-hydrogen) atoms. The van der Waals surface area contributed by atoms with Crippen LogP contribution in [0.1, 0.15) is 5.69 Å². The molecule has 0 saturated carbocycles. The lowest BCUT2D eigenvalue weighted by Gasteiger charge is -1.94. The van der Waals surface area contributed by atoms with Crippen LogP contribution < -0.4 is 10.3 Å². The molecule has 1 aromatic heterocycles. The van der Waals surface area contributed by atoms with Gasteiger partial charge in [-0.25, -0.2) is 13.1 Å². The summed E-state index contributed by atoms with van der Waals surface area (Å²) in [6.45, 7) is -0.162. The van der Waals surface area contributed by atoms with Crippen LogP contribution >= 0.6 is 0 Å². The average molecular weight is 193 g/mol. The Morgan fingerprint density at radius 3 is 2.75 bits per heavy atom. The van der Waals surface area contributed by atoms with Crippen LogP contribution in [-0.2, 0) is 16.6 Å². The van der Waals surface area contributed by atoms with Crippen LogP contribution in [0.4, 0.5) is 0 Å². The largest absolute Gasteiger partial charge is 0.305 e. The van der Waals surface area contributed by atoms with Crippen molar-refractivity contribution in [2.75, 3.05) is 6.26 Å². The monoisotopic (exact) mass is 193 g/mol. The first-order valence-electron chi connectivity index (χ1n) is 2.97. The van der Waals surface area contributed by atoms with E-state index in [4.69, 9.17) is 0 Å². The minimum absolute atomic E-state index is 0.000394. The van der Waals surface area contributed by atoms with E-state index in [0.29, 0.717) is 0 Å². The van der Waals surface area contributed by atoms with E-state index in [2.05, 4.69) is 14.5 Å². The molecule has 0 aromatic carbocycles. The van der Waals surface area contributed by atoms with Crippen LogP contribution in [-0.4, -0.2) is 25.0 Å². The van der Waals surface area contributed by atoms with Gasteiger partial charge in [-0.05, 0) is 0 Å². The molecule has 0 aliphatic heterocycles.